The van der Waals surface area contributed by atoms with Crippen molar-refractivity contribution in [2.24, 2.45) is 13.0 Å². The molecule has 0 aliphatic carbocycles. The summed E-state index contributed by atoms with van der Waals surface area (Å²) < 4.78 is 38.1. The van der Waals surface area contributed by atoms with Crippen molar-refractivity contribution in [1.82, 2.24) is 19.7 Å². The van der Waals surface area contributed by atoms with Crippen LogP contribution >= 0.6 is 11.6 Å². The average molecular weight is 457 g/mol. The van der Waals surface area contributed by atoms with Crippen molar-refractivity contribution < 1.29 is 17.9 Å². The predicted molar refractivity (Wildman–Crippen MR) is 113 cm³/mol. The van der Waals surface area contributed by atoms with Gasteiger partial charge in [0.2, 0.25) is 5.95 Å². The van der Waals surface area contributed by atoms with E-state index >= 15 is 0 Å². The number of hydrogen-bond acceptors (Lipinski definition) is 9. The fourth-order valence-corrected chi connectivity index (χ4v) is 5.07. The highest BCUT2D eigenvalue weighted by Gasteiger charge is 2.49. The molecule has 2 aromatic heterocycles. The van der Waals surface area contributed by atoms with Gasteiger partial charge in [-0.2, -0.15) is 10.1 Å². The van der Waals surface area contributed by atoms with E-state index in [0.717, 1.165) is 5.69 Å². The molecule has 10 nitrogen and oxygen atoms in total. The zero-order valence-electron chi connectivity index (χ0n) is 16.9. The van der Waals surface area contributed by atoms with Crippen LogP contribution in [0.2, 0.25) is 5.02 Å². The lowest BCUT2D eigenvalue weighted by atomic mass is 10.0. The van der Waals surface area contributed by atoms with Crippen LogP contribution in [0, 0.1) is 5.92 Å². The van der Waals surface area contributed by atoms with Gasteiger partial charge < -0.3 is 20.1 Å². The van der Waals surface area contributed by atoms with Crippen molar-refractivity contribution in [2.75, 3.05) is 29.6 Å². The first kappa shape index (κ1) is 21.3. The van der Waals surface area contributed by atoms with Crippen molar-refractivity contribution >= 4 is 38.9 Å². The minimum Gasteiger partial charge on any atom is -0.373 e. The molecule has 4 rings (SSSR count). The van der Waals surface area contributed by atoms with Crippen LogP contribution in [-0.4, -0.2) is 70.6 Å². The van der Waals surface area contributed by atoms with E-state index in [4.69, 9.17) is 21.1 Å². The summed E-state index contributed by atoms with van der Waals surface area (Å²) in [5, 5.41) is 10.4. The molecule has 2 unspecified atom stereocenters. The molecule has 4 atom stereocenters. The molecule has 30 heavy (non-hydrogen) atoms. The summed E-state index contributed by atoms with van der Waals surface area (Å²) in [5.74, 6) is 0.706. The van der Waals surface area contributed by atoms with Crippen molar-refractivity contribution in [3.05, 3.63) is 23.6 Å². The molecule has 12 heteroatoms. The minimum atomic E-state index is -3.17. The van der Waals surface area contributed by atoms with Crippen LogP contribution in [0.1, 0.15) is 13.8 Å². The van der Waals surface area contributed by atoms with E-state index in [1.165, 1.54) is 6.20 Å². The molecule has 0 aromatic carbocycles. The Kier molecular flexibility index (Phi) is 5.88. The monoisotopic (exact) mass is 456 g/mol. The topological polar surface area (TPSA) is 120 Å². The summed E-state index contributed by atoms with van der Waals surface area (Å²) in [6.45, 7) is 4.11. The number of hydrogen-bond donors (Lipinski definition) is 2. The van der Waals surface area contributed by atoms with Gasteiger partial charge in [-0.3, -0.25) is 4.68 Å². The van der Waals surface area contributed by atoms with Crippen LogP contribution in [0.25, 0.3) is 0 Å². The Morgan fingerprint density at radius 3 is 2.73 bits per heavy atom. The fraction of sp³-hybridized carbons (Fsp3) is 0.611. The molecular formula is C18H25ClN6O4S. The van der Waals surface area contributed by atoms with Gasteiger partial charge in [-0.1, -0.05) is 11.6 Å². The molecule has 0 spiro atoms. The molecule has 0 bridgehead atoms. The zero-order chi connectivity index (χ0) is 21.5. The van der Waals surface area contributed by atoms with Gasteiger partial charge in [0, 0.05) is 19.2 Å². The molecule has 2 aliphatic rings. The second-order valence-corrected chi connectivity index (χ2v) is 10.9. The van der Waals surface area contributed by atoms with E-state index in [2.05, 4.69) is 25.7 Å². The second kappa shape index (κ2) is 8.29. The third-order valence-corrected chi connectivity index (χ3v) is 7.95. The molecular weight excluding hydrogens is 432 g/mol. The van der Waals surface area contributed by atoms with Crippen LogP contribution in [-0.2, 0) is 26.4 Å². The fourth-order valence-electron chi connectivity index (χ4n) is 3.65. The summed E-state index contributed by atoms with van der Waals surface area (Å²) in [5.41, 5.74) is 0.753. The average Bonchev–Trinajstić information content (AvgIpc) is 3.37. The van der Waals surface area contributed by atoms with Crippen LogP contribution in [0.3, 0.4) is 0 Å². The molecule has 2 aromatic rings. The second-order valence-electron chi connectivity index (χ2n) is 7.90. The van der Waals surface area contributed by atoms with Crippen LogP contribution < -0.4 is 10.6 Å². The number of rotatable bonds is 7. The van der Waals surface area contributed by atoms with Crippen LogP contribution in [0.5, 0.6) is 0 Å². The number of nitrogens with one attached hydrogen (secondary N) is 2. The Morgan fingerprint density at radius 1 is 1.27 bits per heavy atom. The third kappa shape index (κ3) is 4.39. The van der Waals surface area contributed by atoms with Gasteiger partial charge in [-0.05, 0) is 13.8 Å². The van der Waals surface area contributed by atoms with E-state index in [1.807, 2.05) is 7.05 Å². The standard InChI is InChI=1S/C18H25ClN6O4S/c1-10(2)30(26,27)9-11-7-28-16-14(8-29-15(11)16)23-17-13(19)5-20-18(24-17)22-12-4-21-25(3)6-12/h4-6,10-11,14-16H,7-9H2,1-3H3,(H2,20,22,23,24)/t11-,14-,15?,16?/m1/s1. The number of sulfone groups is 1. The van der Waals surface area contributed by atoms with Gasteiger partial charge >= 0.3 is 0 Å². The van der Waals surface area contributed by atoms with Crippen LogP contribution in [0.15, 0.2) is 18.6 Å². The third-order valence-electron chi connectivity index (χ3n) is 5.35. The maximum Gasteiger partial charge on any atom is 0.229 e. The first-order valence-corrected chi connectivity index (χ1v) is 11.8. The Balaban J connectivity index is 1.43. The Labute approximate surface area is 180 Å². The molecule has 0 amide bonds. The number of aromatic nitrogens is 4. The highest BCUT2D eigenvalue weighted by Crippen LogP contribution is 2.34. The van der Waals surface area contributed by atoms with Crippen molar-refractivity contribution in [3.63, 3.8) is 0 Å². The first-order chi connectivity index (χ1) is 14.2. The van der Waals surface area contributed by atoms with Gasteiger partial charge in [-0.15, -0.1) is 0 Å². The summed E-state index contributed by atoms with van der Waals surface area (Å²) >= 11 is 6.28. The molecule has 2 aliphatic heterocycles. The maximum absolute atomic E-state index is 12.3. The Morgan fingerprint density at radius 2 is 2.03 bits per heavy atom. The van der Waals surface area contributed by atoms with Gasteiger partial charge in [-0.25, -0.2) is 13.4 Å². The molecule has 2 N–H and O–H groups in total. The SMILES string of the molecule is CC(C)S(=O)(=O)C[C@H]1COC2C1OC[C@H]2Nc1nc(Nc2cnn(C)c2)ncc1Cl. The van der Waals surface area contributed by atoms with Gasteiger partial charge in [0.25, 0.3) is 0 Å². The number of aryl methyl sites for hydroxylation is 1. The zero-order valence-corrected chi connectivity index (χ0v) is 18.5. The Bertz CT molecular complexity index is 1010. The molecule has 2 fully saturated rings. The highest BCUT2D eigenvalue weighted by molar-refractivity contribution is 7.91. The maximum atomic E-state index is 12.3. The van der Waals surface area contributed by atoms with E-state index in [-0.39, 0.29) is 29.9 Å². The highest BCUT2D eigenvalue weighted by atomic mass is 35.5. The lowest BCUT2D eigenvalue weighted by Gasteiger charge is -2.19. The minimum absolute atomic E-state index is 0.0615. The molecule has 2 saturated heterocycles. The first-order valence-electron chi connectivity index (χ1n) is 9.72. The Hall–Kier alpha value is -1.95. The van der Waals surface area contributed by atoms with E-state index in [1.54, 1.807) is 30.9 Å². The molecule has 0 radical (unpaired) electrons. The lowest BCUT2D eigenvalue weighted by Crippen LogP contribution is -2.36. The number of nitrogens with zero attached hydrogens (tertiary/aromatic N) is 4. The van der Waals surface area contributed by atoms with E-state index < -0.39 is 15.1 Å². The molecule has 4 heterocycles. The number of fused-ring (bicyclic) bond motifs is 1. The summed E-state index contributed by atoms with van der Waals surface area (Å²) in [7, 11) is -1.36. The van der Waals surface area contributed by atoms with Crippen LogP contribution in [0.4, 0.5) is 17.5 Å². The predicted octanol–water partition coefficient (Wildman–Crippen LogP) is 1.62. The molecule has 164 valence electrons. The quantitative estimate of drug-likeness (QED) is 0.640. The number of anilines is 3. The summed E-state index contributed by atoms with van der Waals surface area (Å²) in [6, 6.07) is -0.194. The number of ether oxygens (including phenoxy) is 2. The van der Waals surface area contributed by atoms with Gasteiger partial charge in [0.05, 0.1) is 54.4 Å². The van der Waals surface area contributed by atoms with E-state index in [9.17, 15) is 8.42 Å². The van der Waals surface area contributed by atoms with Gasteiger partial charge in [0.1, 0.15) is 11.1 Å². The van der Waals surface area contributed by atoms with Crippen molar-refractivity contribution in [2.45, 2.75) is 37.3 Å². The van der Waals surface area contributed by atoms with Gasteiger partial charge in [0.15, 0.2) is 15.7 Å². The lowest BCUT2D eigenvalue weighted by molar-refractivity contribution is 0.0656. The summed E-state index contributed by atoms with van der Waals surface area (Å²) in [6.07, 6.45) is 4.44. The van der Waals surface area contributed by atoms with Crippen molar-refractivity contribution in [1.29, 1.82) is 0 Å². The smallest absolute Gasteiger partial charge is 0.229 e. The molecule has 0 saturated carbocycles. The largest absolute Gasteiger partial charge is 0.373 e. The van der Waals surface area contributed by atoms with Crippen molar-refractivity contribution in [3.8, 4) is 0 Å². The summed E-state index contributed by atoms with van der Waals surface area (Å²) in [4.78, 5) is 8.64. The number of halogens is 1. The normalized spacial score (nSPS) is 26.2. The van der Waals surface area contributed by atoms with E-state index in [0.29, 0.717) is 30.0 Å².